The first-order chi connectivity index (χ1) is 12.6. The van der Waals surface area contributed by atoms with E-state index in [9.17, 15) is 14.7 Å². The van der Waals surface area contributed by atoms with Crippen molar-refractivity contribution in [3.05, 3.63) is 0 Å². The van der Waals surface area contributed by atoms with Gasteiger partial charge in [0, 0.05) is 13.0 Å². The Bertz CT molecular complexity index is 434. The van der Waals surface area contributed by atoms with Gasteiger partial charge in [0.1, 0.15) is 6.61 Å². The molecular formula is C20H35NO5. The molecule has 0 radical (unpaired) electrons. The number of rotatable bonds is 11. The van der Waals surface area contributed by atoms with Crippen LogP contribution in [0.3, 0.4) is 0 Å². The third-order valence-corrected chi connectivity index (χ3v) is 5.86. The number of carbonyl (C=O) groups is 2. The van der Waals surface area contributed by atoms with Gasteiger partial charge in [-0.25, -0.2) is 4.79 Å². The van der Waals surface area contributed by atoms with Gasteiger partial charge in [0.25, 0.3) is 0 Å². The highest BCUT2D eigenvalue weighted by Gasteiger charge is 2.33. The minimum absolute atomic E-state index is 0.100. The Morgan fingerprint density at radius 3 is 2.50 bits per heavy atom. The molecule has 2 unspecified atom stereocenters. The van der Waals surface area contributed by atoms with Crippen LogP contribution in [0.2, 0.25) is 0 Å². The molecule has 1 amide bonds. The van der Waals surface area contributed by atoms with E-state index in [2.05, 4.69) is 0 Å². The van der Waals surface area contributed by atoms with Crippen LogP contribution in [0.5, 0.6) is 0 Å². The van der Waals surface area contributed by atoms with Gasteiger partial charge in [0.15, 0.2) is 0 Å². The van der Waals surface area contributed by atoms with Crippen molar-refractivity contribution in [3.63, 3.8) is 0 Å². The summed E-state index contributed by atoms with van der Waals surface area (Å²) in [4.78, 5) is 24.3. The number of carboxylic acids is 1. The molecule has 2 N–H and O–H groups in total. The van der Waals surface area contributed by atoms with E-state index in [1.54, 1.807) is 4.90 Å². The number of unbranched alkanes of at least 4 members (excludes halogenated alkanes) is 3. The molecule has 1 aliphatic heterocycles. The lowest BCUT2D eigenvalue weighted by Gasteiger charge is -2.26. The molecule has 2 rings (SSSR count). The monoisotopic (exact) mass is 369 g/mol. The van der Waals surface area contributed by atoms with Gasteiger partial charge in [0.2, 0.25) is 0 Å². The van der Waals surface area contributed by atoms with Crippen LogP contribution in [0.1, 0.15) is 83.5 Å². The topological polar surface area (TPSA) is 87.1 Å². The molecule has 26 heavy (non-hydrogen) atoms. The zero-order valence-corrected chi connectivity index (χ0v) is 15.9. The largest absolute Gasteiger partial charge is 0.481 e. The first-order valence-corrected chi connectivity index (χ1v) is 10.4. The van der Waals surface area contributed by atoms with Crippen molar-refractivity contribution in [2.75, 3.05) is 13.2 Å². The summed E-state index contributed by atoms with van der Waals surface area (Å²) in [6.45, 7) is 1.01. The SMILES string of the molecule is O=C(O)CCCCCCC1COC(=O)N1CCC(O)C1CCCCCC1. The van der Waals surface area contributed by atoms with Crippen molar-refractivity contribution in [1.29, 1.82) is 0 Å². The first-order valence-electron chi connectivity index (χ1n) is 10.4. The molecule has 0 bridgehead atoms. The zero-order valence-electron chi connectivity index (χ0n) is 15.9. The summed E-state index contributed by atoms with van der Waals surface area (Å²) >= 11 is 0. The number of carboxylic acid groups (broad SMARTS) is 1. The molecular weight excluding hydrogens is 334 g/mol. The maximum atomic E-state index is 12.0. The highest BCUT2D eigenvalue weighted by molar-refractivity contribution is 5.70. The predicted molar refractivity (Wildman–Crippen MR) is 99.0 cm³/mol. The lowest BCUT2D eigenvalue weighted by molar-refractivity contribution is -0.137. The van der Waals surface area contributed by atoms with E-state index in [0.29, 0.717) is 31.9 Å². The summed E-state index contributed by atoms with van der Waals surface area (Å²) in [6, 6.07) is 0.100. The third kappa shape index (κ3) is 7.14. The minimum Gasteiger partial charge on any atom is -0.481 e. The number of aliphatic hydroxyl groups excluding tert-OH is 1. The van der Waals surface area contributed by atoms with Crippen LogP contribution in [0.15, 0.2) is 0 Å². The van der Waals surface area contributed by atoms with Crippen molar-refractivity contribution in [2.24, 2.45) is 5.92 Å². The van der Waals surface area contributed by atoms with E-state index in [-0.39, 0.29) is 24.7 Å². The molecule has 6 heteroatoms. The molecule has 1 heterocycles. The average molecular weight is 370 g/mol. The molecule has 0 spiro atoms. The molecule has 1 aliphatic carbocycles. The summed E-state index contributed by atoms with van der Waals surface area (Å²) < 4.78 is 5.21. The lowest BCUT2D eigenvalue weighted by atomic mass is 9.92. The number of nitrogens with zero attached hydrogens (tertiary/aromatic N) is 1. The Hall–Kier alpha value is -1.30. The van der Waals surface area contributed by atoms with E-state index >= 15 is 0 Å². The van der Waals surface area contributed by atoms with Gasteiger partial charge in [-0.1, -0.05) is 44.9 Å². The van der Waals surface area contributed by atoms with Crippen LogP contribution in [0, 0.1) is 5.92 Å². The van der Waals surface area contributed by atoms with Crippen LogP contribution in [-0.2, 0) is 9.53 Å². The molecule has 2 fully saturated rings. The van der Waals surface area contributed by atoms with E-state index in [1.807, 2.05) is 0 Å². The second-order valence-corrected chi connectivity index (χ2v) is 7.88. The van der Waals surface area contributed by atoms with Crippen molar-refractivity contribution in [1.82, 2.24) is 4.90 Å². The van der Waals surface area contributed by atoms with Crippen LogP contribution in [-0.4, -0.2) is 52.5 Å². The van der Waals surface area contributed by atoms with Gasteiger partial charge in [-0.3, -0.25) is 4.79 Å². The van der Waals surface area contributed by atoms with Gasteiger partial charge in [-0.2, -0.15) is 0 Å². The number of cyclic esters (lactones) is 1. The second kappa shape index (κ2) is 11.4. The van der Waals surface area contributed by atoms with Crippen molar-refractivity contribution >= 4 is 12.1 Å². The molecule has 1 saturated heterocycles. The molecule has 1 saturated carbocycles. The fourth-order valence-electron chi connectivity index (χ4n) is 4.21. The van der Waals surface area contributed by atoms with Gasteiger partial charge in [-0.05, 0) is 38.0 Å². The van der Waals surface area contributed by atoms with E-state index in [0.717, 1.165) is 38.5 Å². The van der Waals surface area contributed by atoms with Crippen LogP contribution in [0.4, 0.5) is 4.79 Å². The lowest BCUT2D eigenvalue weighted by Crippen LogP contribution is -2.36. The number of amides is 1. The Balaban J connectivity index is 1.67. The second-order valence-electron chi connectivity index (χ2n) is 7.88. The maximum absolute atomic E-state index is 12.0. The van der Waals surface area contributed by atoms with Gasteiger partial charge < -0.3 is 19.8 Å². The number of aliphatic carboxylic acids is 1. The fraction of sp³-hybridized carbons (Fsp3) is 0.900. The quantitative estimate of drug-likeness (QED) is 0.425. The number of hydrogen-bond acceptors (Lipinski definition) is 4. The Kier molecular flexibility index (Phi) is 9.23. The number of carbonyl (C=O) groups excluding carboxylic acids is 1. The van der Waals surface area contributed by atoms with Gasteiger partial charge in [0.05, 0.1) is 12.1 Å². The normalized spacial score (nSPS) is 22.9. The zero-order chi connectivity index (χ0) is 18.8. The number of aliphatic hydroxyl groups is 1. The molecule has 2 atom stereocenters. The van der Waals surface area contributed by atoms with Gasteiger partial charge >= 0.3 is 12.1 Å². The third-order valence-electron chi connectivity index (χ3n) is 5.86. The summed E-state index contributed by atoms with van der Waals surface area (Å²) in [7, 11) is 0. The van der Waals surface area contributed by atoms with Crippen molar-refractivity contribution in [3.8, 4) is 0 Å². The van der Waals surface area contributed by atoms with Crippen LogP contribution in [0.25, 0.3) is 0 Å². The van der Waals surface area contributed by atoms with Crippen molar-refractivity contribution in [2.45, 2.75) is 95.6 Å². The minimum atomic E-state index is -0.738. The molecule has 150 valence electrons. The highest BCUT2D eigenvalue weighted by atomic mass is 16.6. The summed E-state index contributed by atoms with van der Waals surface area (Å²) in [5.41, 5.74) is 0. The Morgan fingerprint density at radius 2 is 1.81 bits per heavy atom. The number of ether oxygens (including phenoxy) is 1. The van der Waals surface area contributed by atoms with Crippen LogP contribution < -0.4 is 0 Å². The molecule has 0 aromatic heterocycles. The summed E-state index contributed by atoms with van der Waals surface area (Å²) in [6.07, 6.45) is 11.9. The Labute approximate surface area is 156 Å². The van der Waals surface area contributed by atoms with Crippen molar-refractivity contribution < 1.29 is 24.5 Å². The van der Waals surface area contributed by atoms with Crippen LogP contribution >= 0.6 is 0 Å². The van der Waals surface area contributed by atoms with E-state index in [4.69, 9.17) is 9.84 Å². The molecule has 0 aromatic rings. The maximum Gasteiger partial charge on any atom is 0.410 e. The average Bonchev–Trinajstić information content (AvgIpc) is 2.81. The Morgan fingerprint density at radius 1 is 1.12 bits per heavy atom. The standard InChI is InChI=1S/C20H35NO5/c22-18(16-9-5-1-2-6-10-16)13-14-21-17(15-26-20(21)25)11-7-3-4-8-12-19(23)24/h16-18,22H,1-15H2,(H,23,24). The highest BCUT2D eigenvalue weighted by Crippen LogP contribution is 2.28. The fourth-order valence-corrected chi connectivity index (χ4v) is 4.21. The number of hydrogen-bond donors (Lipinski definition) is 2. The van der Waals surface area contributed by atoms with Gasteiger partial charge in [-0.15, -0.1) is 0 Å². The summed E-state index contributed by atoms with van der Waals surface area (Å²) in [5.74, 6) is -0.359. The first kappa shape index (κ1) is 21.0. The molecule has 2 aliphatic rings. The predicted octanol–water partition coefficient (Wildman–Crippen LogP) is 3.95. The smallest absolute Gasteiger partial charge is 0.410 e. The molecule has 0 aromatic carbocycles. The van der Waals surface area contributed by atoms with E-state index in [1.165, 1.54) is 25.7 Å². The van der Waals surface area contributed by atoms with E-state index < -0.39 is 5.97 Å². The summed E-state index contributed by atoms with van der Waals surface area (Å²) in [5, 5.41) is 19.2. The molecule has 6 nitrogen and oxygen atoms in total.